The Bertz CT molecular complexity index is 1290. The number of anilines is 1. The molecule has 0 unspecified atom stereocenters. The third-order valence-corrected chi connectivity index (χ3v) is 5.42. The SMILES string of the molecule is CCc1cccc(C(C)C)c1NC(=O)/C(=N\NC(N)=O)[C@H](C(=O)OC)c1cnc2ccccc2n1. The van der Waals surface area contributed by atoms with Gasteiger partial charge in [-0.15, -0.1) is 0 Å². The second kappa shape index (κ2) is 11.2. The number of amides is 3. The van der Waals surface area contributed by atoms with Gasteiger partial charge in [0.05, 0.1) is 30.0 Å². The summed E-state index contributed by atoms with van der Waals surface area (Å²) in [6, 6.07) is 11.8. The average Bonchev–Trinajstić information content (AvgIpc) is 2.85. The van der Waals surface area contributed by atoms with E-state index in [9.17, 15) is 14.4 Å². The topological polar surface area (TPSA) is 149 Å². The van der Waals surface area contributed by atoms with Crippen LogP contribution in [0.2, 0.25) is 0 Å². The molecule has 0 spiro atoms. The Morgan fingerprint density at radius 2 is 1.80 bits per heavy atom. The predicted octanol–water partition coefficient (Wildman–Crippen LogP) is 3.24. The number of urea groups is 1. The number of esters is 1. The number of nitrogens with one attached hydrogen (secondary N) is 2. The van der Waals surface area contributed by atoms with Crippen molar-refractivity contribution in [1.82, 2.24) is 15.4 Å². The van der Waals surface area contributed by atoms with E-state index in [1.54, 1.807) is 18.2 Å². The summed E-state index contributed by atoms with van der Waals surface area (Å²) >= 11 is 0. The molecule has 3 amide bonds. The number of para-hydroxylation sites is 3. The highest BCUT2D eigenvalue weighted by atomic mass is 16.5. The fourth-order valence-corrected chi connectivity index (χ4v) is 3.69. The molecule has 0 fully saturated rings. The highest BCUT2D eigenvalue weighted by Gasteiger charge is 2.35. The van der Waals surface area contributed by atoms with Gasteiger partial charge in [-0.1, -0.05) is 51.1 Å². The molecule has 0 radical (unpaired) electrons. The van der Waals surface area contributed by atoms with Gasteiger partial charge in [0, 0.05) is 5.69 Å². The van der Waals surface area contributed by atoms with Gasteiger partial charge in [0.2, 0.25) is 0 Å². The van der Waals surface area contributed by atoms with Gasteiger partial charge in [0.15, 0.2) is 0 Å². The number of hydrogen-bond donors (Lipinski definition) is 3. The van der Waals surface area contributed by atoms with Crippen LogP contribution >= 0.6 is 0 Å². The van der Waals surface area contributed by atoms with Gasteiger partial charge in [-0.25, -0.2) is 15.2 Å². The number of rotatable bonds is 8. The zero-order valence-electron chi connectivity index (χ0n) is 20.0. The molecular weight excluding hydrogens is 448 g/mol. The second-order valence-electron chi connectivity index (χ2n) is 8.06. The third-order valence-electron chi connectivity index (χ3n) is 5.42. The number of aromatic nitrogens is 2. The van der Waals surface area contributed by atoms with E-state index in [1.165, 1.54) is 13.3 Å². The van der Waals surface area contributed by atoms with Crippen molar-refractivity contribution in [2.24, 2.45) is 10.8 Å². The van der Waals surface area contributed by atoms with Gasteiger partial charge >= 0.3 is 12.0 Å². The lowest BCUT2D eigenvalue weighted by molar-refractivity contribution is -0.141. The van der Waals surface area contributed by atoms with E-state index in [4.69, 9.17) is 10.5 Å². The zero-order valence-corrected chi connectivity index (χ0v) is 20.0. The number of benzene rings is 2. The molecular formula is C25H28N6O4. The number of primary amides is 1. The van der Waals surface area contributed by atoms with Crippen molar-refractivity contribution in [1.29, 1.82) is 0 Å². The second-order valence-corrected chi connectivity index (χ2v) is 8.06. The molecule has 0 bridgehead atoms. The Labute approximate surface area is 203 Å². The number of methoxy groups -OCH3 is 1. The van der Waals surface area contributed by atoms with E-state index < -0.39 is 23.8 Å². The highest BCUT2D eigenvalue weighted by Crippen LogP contribution is 2.29. The largest absolute Gasteiger partial charge is 0.468 e. The molecule has 10 heteroatoms. The monoisotopic (exact) mass is 476 g/mol. The quantitative estimate of drug-likeness (QED) is 0.258. The van der Waals surface area contributed by atoms with Crippen molar-refractivity contribution in [3.63, 3.8) is 0 Å². The molecule has 2 aromatic carbocycles. The van der Waals surface area contributed by atoms with Gasteiger partial charge in [0.25, 0.3) is 5.91 Å². The Morgan fingerprint density at radius 3 is 2.43 bits per heavy atom. The number of fused-ring (bicyclic) bond motifs is 1. The van der Waals surface area contributed by atoms with Crippen molar-refractivity contribution >= 4 is 40.3 Å². The molecule has 3 aromatic rings. The summed E-state index contributed by atoms with van der Waals surface area (Å²) < 4.78 is 4.96. The van der Waals surface area contributed by atoms with Crippen molar-refractivity contribution in [3.8, 4) is 0 Å². The van der Waals surface area contributed by atoms with Crippen LogP contribution in [0.5, 0.6) is 0 Å². The van der Waals surface area contributed by atoms with Crippen LogP contribution in [-0.2, 0) is 20.7 Å². The normalized spacial score (nSPS) is 12.3. The van der Waals surface area contributed by atoms with Gasteiger partial charge < -0.3 is 15.8 Å². The maximum atomic E-state index is 13.6. The number of carbonyl (C=O) groups excluding carboxylic acids is 3. The average molecular weight is 477 g/mol. The number of nitrogens with zero attached hydrogens (tertiary/aromatic N) is 3. The summed E-state index contributed by atoms with van der Waals surface area (Å²) in [7, 11) is 1.18. The molecule has 0 aliphatic heterocycles. The lowest BCUT2D eigenvalue weighted by Crippen LogP contribution is -2.37. The molecule has 0 saturated carbocycles. The fraction of sp³-hybridized carbons (Fsp3) is 0.280. The molecule has 1 atom stereocenters. The van der Waals surface area contributed by atoms with Crippen molar-refractivity contribution in [2.75, 3.05) is 12.4 Å². The minimum atomic E-state index is -1.37. The molecule has 1 aromatic heterocycles. The Kier molecular flexibility index (Phi) is 8.08. The number of ether oxygens (including phenoxy) is 1. The Balaban J connectivity index is 2.13. The number of aryl methyl sites for hydroxylation is 1. The Morgan fingerprint density at radius 1 is 1.09 bits per heavy atom. The predicted molar refractivity (Wildman–Crippen MR) is 133 cm³/mol. The first-order valence-electron chi connectivity index (χ1n) is 11.1. The van der Waals surface area contributed by atoms with Gasteiger partial charge in [-0.2, -0.15) is 5.10 Å². The smallest absolute Gasteiger partial charge is 0.332 e. The van der Waals surface area contributed by atoms with Crippen LogP contribution in [0.1, 0.15) is 49.4 Å². The van der Waals surface area contributed by atoms with E-state index in [2.05, 4.69) is 25.8 Å². The highest BCUT2D eigenvalue weighted by molar-refractivity contribution is 6.48. The summed E-state index contributed by atoms with van der Waals surface area (Å²) in [6.45, 7) is 5.99. The number of hydrazone groups is 1. The molecule has 1 heterocycles. The summed E-state index contributed by atoms with van der Waals surface area (Å²) in [4.78, 5) is 46.7. The standard InChI is InChI=1S/C25H28N6O4/c1-5-15-9-8-10-16(14(2)3)21(15)29-23(32)22(30-31-25(26)34)20(24(33)35-4)19-13-27-17-11-6-7-12-18(17)28-19/h6-14,20H,5H2,1-4H3,(H,29,32)(H3,26,31,34)/b30-22-/t20-/m1/s1. The van der Waals surface area contributed by atoms with Crippen molar-refractivity contribution < 1.29 is 19.1 Å². The van der Waals surface area contributed by atoms with Crippen molar-refractivity contribution in [3.05, 3.63) is 65.5 Å². The molecule has 182 valence electrons. The minimum absolute atomic E-state index is 0.115. The van der Waals surface area contributed by atoms with Crippen LogP contribution in [0.25, 0.3) is 11.0 Å². The van der Waals surface area contributed by atoms with Crippen LogP contribution in [0.4, 0.5) is 10.5 Å². The van der Waals surface area contributed by atoms with E-state index in [0.29, 0.717) is 23.1 Å². The lowest BCUT2D eigenvalue weighted by atomic mass is 9.95. The van der Waals surface area contributed by atoms with Crippen LogP contribution < -0.4 is 16.5 Å². The molecule has 0 saturated heterocycles. The summed E-state index contributed by atoms with van der Waals surface area (Å²) in [5, 5.41) is 6.77. The molecule has 10 nitrogen and oxygen atoms in total. The first kappa shape index (κ1) is 25.3. The maximum absolute atomic E-state index is 13.6. The number of carbonyl (C=O) groups is 3. The van der Waals surface area contributed by atoms with E-state index in [-0.39, 0.29) is 17.3 Å². The van der Waals surface area contributed by atoms with E-state index in [1.807, 2.05) is 45.0 Å². The lowest BCUT2D eigenvalue weighted by Gasteiger charge is -2.20. The summed E-state index contributed by atoms with van der Waals surface area (Å²) in [5.41, 5.74) is 10.6. The van der Waals surface area contributed by atoms with Crippen LogP contribution in [0.15, 0.2) is 53.8 Å². The maximum Gasteiger partial charge on any atom is 0.332 e. The Hall–Kier alpha value is -4.34. The first-order chi connectivity index (χ1) is 16.8. The summed E-state index contributed by atoms with van der Waals surface area (Å²) in [5.74, 6) is -2.78. The van der Waals surface area contributed by atoms with E-state index >= 15 is 0 Å². The third kappa shape index (κ3) is 5.78. The van der Waals surface area contributed by atoms with Gasteiger partial charge in [-0.05, 0) is 35.6 Å². The molecule has 3 rings (SSSR count). The van der Waals surface area contributed by atoms with Crippen LogP contribution in [-0.4, -0.2) is 40.7 Å². The van der Waals surface area contributed by atoms with Crippen LogP contribution in [0, 0.1) is 0 Å². The molecule has 0 aliphatic carbocycles. The number of nitrogens with two attached hydrogens (primary N) is 1. The fourth-order valence-electron chi connectivity index (χ4n) is 3.69. The minimum Gasteiger partial charge on any atom is -0.468 e. The zero-order chi connectivity index (χ0) is 25.5. The van der Waals surface area contributed by atoms with Crippen LogP contribution in [0.3, 0.4) is 0 Å². The molecule has 0 aliphatic rings. The van der Waals surface area contributed by atoms with Crippen molar-refractivity contribution in [2.45, 2.75) is 39.0 Å². The van der Waals surface area contributed by atoms with Gasteiger partial charge in [0.1, 0.15) is 11.6 Å². The molecule has 4 N–H and O–H groups in total. The molecule has 35 heavy (non-hydrogen) atoms. The van der Waals surface area contributed by atoms with E-state index in [0.717, 1.165) is 11.1 Å². The number of hydrogen-bond acceptors (Lipinski definition) is 7. The summed E-state index contributed by atoms with van der Waals surface area (Å²) in [6.07, 6.45) is 2.04. The first-order valence-corrected chi connectivity index (χ1v) is 11.1. The van der Waals surface area contributed by atoms with Gasteiger partial charge in [-0.3, -0.25) is 14.6 Å².